The molecule has 0 bridgehead atoms. The molecule has 0 amide bonds. The topological polar surface area (TPSA) is 81.9 Å². The maximum Gasteiger partial charge on any atom is 0.320 e. The van der Waals surface area contributed by atoms with Gasteiger partial charge < -0.3 is 14.6 Å². The first-order valence-electron chi connectivity index (χ1n) is 12.4. The lowest BCUT2D eigenvalue weighted by Crippen LogP contribution is -2.14. The molecule has 0 saturated heterocycles. The maximum atomic E-state index is 12.4. The van der Waals surface area contributed by atoms with Crippen LogP contribution in [-0.4, -0.2) is 39.0 Å². The fourth-order valence-corrected chi connectivity index (χ4v) is 5.45. The maximum absolute atomic E-state index is 12.4. The van der Waals surface area contributed by atoms with E-state index in [4.69, 9.17) is 14.7 Å². The highest BCUT2D eigenvalue weighted by atomic mass is 31.2. The van der Waals surface area contributed by atoms with Crippen LogP contribution in [0, 0.1) is 13.8 Å². The van der Waals surface area contributed by atoms with Crippen molar-refractivity contribution in [1.29, 1.82) is 0 Å². The fraction of sp³-hybridized carbons (Fsp3) is 0.321. The van der Waals surface area contributed by atoms with Crippen molar-refractivity contribution in [2.75, 3.05) is 18.6 Å². The van der Waals surface area contributed by atoms with Crippen LogP contribution in [0.25, 0.3) is 23.4 Å². The predicted octanol–water partition coefficient (Wildman–Crippen LogP) is 6.38. The lowest BCUT2D eigenvalue weighted by Gasteiger charge is -2.14. The first-order valence-corrected chi connectivity index (χ1v) is 15.0. The van der Waals surface area contributed by atoms with E-state index in [1.54, 1.807) is 19.7 Å². The van der Waals surface area contributed by atoms with Crippen LogP contribution in [-0.2, 0) is 4.57 Å². The molecule has 186 valence electrons. The Morgan fingerprint density at radius 2 is 1.72 bits per heavy atom. The number of aryl methyl sites for hydroxylation is 2. The van der Waals surface area contributed by atoms with Crippen molar-refractivity contribution in [2.24, 2.45) is 0 Å². The number of aromatic nitrogens is 4. The van der Waals surface area contributed by atoms with Gasteiger partial charge in [0.15, 0.2) is 17.0 Å². The van der Waals surface area contributed by atoms with Gasteiger partial charge in [-0.15, -0.1) is 0 Å². The number of fused-ring (bicyclic) bond motifs is 1. The smallest absolute Gasteiger partial charge is 0.320 e. The number of hydrogen-bond donors (Lipinski definition) is 1. The molecule has 0 unspecified atom stereocenters. The Bertz CT molecular complexity index is 1440. The summed E-state index contributed by atoms with van der Waals surface area (Å²) in [6.07, 6.45) is 10.3. The van der Waals surface area contributed by atoms with E-state index in [9.17, 15) is 4.57 Å². The van der Waals surface area contributed by atoms with Gasteiger partial charge in [-0.1, -0.05) is 18.2 Å². The zero-order chi connectivity index (χ0) is 25.3. The zero-order valence-electron chi connectivity index (χ0n) is 21.2. The zero-order valence-corrected chi connectivity index (χ0v) is 22.1. The molecule has 1 aliphatic carbocycles. The number of imidazole rings is 1. The monoisotopic (exact) mass is 501 g/mol. The minimum atomic E-state index is -2.32. The Balaban J connectivity index is 1.53. The van der Waals surface area contributed by atoms with Gasteiger partial charge in [0.2, 0.25) is 0 Å². The fourth-order valence-electron chi connectivity index (χ4n) is 4.59. The van der Waals surface area contributed by atoms with Crippen LogP contribution < -0.4 is 15.4 Å². The Hall–Kier alpha value is -3.44. The molecule has 0 atom stereocenters. The van der Waals surface area contributed by atoms with E-state index >= 15 is 0 Å². The van der Waals surface area contributed by atoms with Crippen LogP contribution in [0.15, 0.2) is 48.8 Å². The minimum absolute atomic E-state index is 0.138. The summed E-state index contributed by atoms with van der Waals surface area (Å²) in [4.78, 5) is 14.1. The summed E-state index contributed by atoms with van der Waals surface area (Å²) in [5.41, 5.74) is 5.76. The molecule has 2 aromatic carbocycles. The molecule has 2 aromatic heterocycles. The van der Waals surface area contributed by atoms with Gasteiger partial charge in [-0.05, 0) is 99.9 Å². The van der Waals surface area contributed by atoms with Crippen LogP contribution in [0.3, 0.4) is 0 Å². The van der Waals surface area contributed by atoms with Crippen LogP contribution in [0.2, 0.25) is 0 Å². The Kier molecular flexibility index (Phi) is 6.67. The SMILES string of the molecule is Cc1cccc(C)c1/C=C/n1cnc2c(Nc3ccc(P(C)(C)=O)cc3)nc(OC3CCCC3)nc21. The standard InChI is InChI=1S/C28H32N5O2P/c1-19-8-7-9-20(2)24(19)16-17-33-18-29-25-26(30-21-12-14-23(15-13-21)36(3,4)34)31-28(32-27(25)33)35-22-10-5-6-11-22/h7-9,12-18,22H,5-6,10-11H2,1-4H3,(H,30,31,32)/b17-16+. The molecule has 4 aromatic rings. The summed E-state index contributed by atoms with van der Waals surface area (Å²) in [7, 11) is -2.32. The third-order valence-corrected chi connectivity index (χ3v) is 8.21. The van der Waals surface area contributed by atoms with Gasteiger partial charge in [-0.3, -0.25) is 4.57 Å². The lowest BCUT2D eigenvalue weighted by molar-refractivity contribution is 0.193. The summed E-state index contributed by atoms with van der Waals surface area (Å²) in [5, 5.41) is 4.22. The van der Waals surface area contributed by atoms with Crippen molar-refractivity contribution in [3.05, 3.63) is 65.5 Å². The van der Waals surface area contributed by atoms with Crippen molar-refractivity contribution in [1.82, 2.24) is 19.5 Å². The largest absolute Gasteiger partial charge is 0.460 e. The van der Waals surface area contributed by atoms with Gasteiger partial charge in [0.25, 0.3) is 0 Å². The molecular weight excluding hydrogens is 469 g/mol. The Labute approximate surface area is 212 Å². The number of hydrogen-bond acceptors (Lipinski definition) is 6. The molecule has 0 aliphatic heterocycles. The third kappa shape index (κ3) is 5.21. The highest BCUT2D eigenvalue weighted by Gasteiger charge is 2.20. The van der Waals surface area contributed by atoms with E-state index in [0.717, 1.165) is 23.8 Å². The average molecular weight is 502 g/mol. The van der Waals surface area contributed by atoms with Crippen LogP contribution in [0.1, 0.15) is 42.4 Å². The van der Waals surface area contributed by atoms with Crippen LogP contribution >= 0.6 is 7.14 Å². The molecule has 1 N–H and O–H groups in total. The van der Waals surface area contributed by atoms with Crippen molar-refractivity contribution in [2.45, 2.75) is 45.6 Å². The molecule has 1 aliphatic rings. The highest BCUT2D eigenvalue weighted by Crippen LogP contribution is 2.35. The molecule has 7 nitrogen and oxygen atoms in total. The molecule has 0 radical (unpaired) electrons. The molecule has 1 fully saturated rings. The summed E-state index contributed by atoms with van der Waals surface area (Å²) in [6.45, 7) is 7.76. The van der Waals surface area contributed by atoms with Gasteiger partial charge in [0.1, 0.15) is 19.6 Å². The number of nitrogens with one attached hydrogen (secondary N) is 1. The van der Waals surface area contributed by atoms with Gasteiger partial charge in [0, 0.05) is 17.2 Å². The third-order valence-electron chi connectivity index (χ3n) is 6.67. The Morgan fingerprint density at radius 1 is 1.03 bits per heavy atom. The van der Waals surface area contributed by atoms with Crippen molar-refractivity contribution < 1.29 is 9.30 Å². The molecule has 2 heterocycles. The molecular formula is C28H32N5O2P. The van der Waals surface area contributed by atoms with E-state index in [2.05, 4.69) is 48.4 Å². The van der Waals surface area contributed by atoms with E-state index in [1.165, 1.54) is 29.5 Å². The van der Waals surface area contributed by atoms with E-state index in [-0.39, 0.29) is 6.10 Å². The first-order chi connectivity index (χ1) is 17.3. The van der Waals surface area contributed by atoms with Gasteiger partial charge in [-0.25, -0.2) is 4.98 Å². The summed E-state index contributed by atoms with van der Waals surface area (Å²) < 4.78 is 20.5. The van der Waals surface area contributed by atoms with E-state index in [1.807, 2.05) is 35.0 Å². The first kappa shape index (κ1) is 24.3. The summed E-state index contributed by atoms with van der Waals surface area (Å²) in [6, 6.07) is 14.2. The normalized spacial score (nSPS) is 14.7. The number of rotatable bonds is 7. The quantitative estimate of drug-likeness (QED) is 0.296. The number of nitrogens with zero attached hydrogens (tertiary/aromatic N) is 4. The number of anilines is 2. The van der Waals surface area contributed by atoms with Crippen molar-refractivity contribution >= 4 is 47.4 Å². The predicted molar refractivity (Wildman–Crippen MR) is 148 cm³/mol. The average Bonchev–Trinajstić information content (AvgIpc) is 3.49. The van der Waals surface area contributed by atoms with Crippen molar-refractivity contribution in [3.63, 3.8) is 0 Å². The second-order valence-corrected chi connectivity index (χ2v) is 13.1. The molecule has 5 rings (SSSR count). The Morgan fingerprint density at radius 3 is 2.39 bits per heavy atom. The number of ether oxygens (including phenoxy) is 1. The second-order valence-electron chi connectivity index (χ2n) is 9.85. The highest BCUT2D eigenvalue weighted by molar-refractivity contribution is 7.70. The van der Waals surface area contributed by atoms with E-state index < -0.39 is 7.14 Å². The lowest BCUT2D eigenvalue weighted by atomic mass is 10.0. The molecule has 8 heteroatoms. The van der Waals surface area contributed by atoms with Crippen molar-refractivity contribution in [3.8, 4) is 6.01 Å². The second kappa shape index (κ2) is 9.90. The minimum Gasteiger partial charge on any atom is -0.460 e. The molecule has 36 heavy (non-hydrogen) atoms. The molecule has 1 saturated carbocycles. The van der Waals surface area contributed by atoms with E-state index in [0.29, 0.717) is 23.0 Å². The van der Waals surface area contributed by atoms with Gasteiger partial charge in [0.05, 0.1) is 0 Å². The van der Waals surface area contributed by atoms with Crippen LogP contribution in [0.4, 0.5) is 11.5 Å². The van der Waals surface area contributed by atoms with Gasteiger partial charge >= 0.3 is 6.01 Å². The van der Waals surface area contributed by atoms with Crippen LogP contribution in [0.5, 0.6) is 6.01 Å². The molecule has 0 spiro atoms. The van der Waals surface area contributed by atoms with Gasteiger partial charge in [-0.2, -0.15) is 9.97 Å². The summed E-state index contributed by atoms with van der Waals surface area (Å²) >= 11 is 0. The summed E-state index contributed by atoms with van der Waals surface area (Å²) in [5.74, 6) is 0.580. The number of benzene rings is 2.